The smallest absolute Gasteiger partial charge is 0.416 e. The summed E-state index contributed by atoms with van der Waals surface area (Å²) in [5.41, 5.74) is 1.06. The Hall–Kier alpha value is -5.03. The first kappa shape index (κ1) is 36.3. The van der Waals surface area contributed by atoms with Crippen molar-refractivity contribution >= 4 is 56.5 Å². The molecule has 1 aliphatic heterocycles. The normalized spacial score (nSPS) is 17.0. The van der Waals surface area contributed by atoms with Crippen LogP contribution in [0.2, 0.25) is 5.02 Å². The van der Waals surface area contributed by atoms with Crippen LogP contribution >= 0.6 is 27.5 Å². The van der Waals surface area contributed by atoms with Crippen LogP contribution in [0, 0.1) is 6.92 Å². The fourth-order valence-electron chi connectivity index (χ4n) is 6.92. The predicted molar refractivity (Wildman–Crippen MR) is 192 cm³/mol. The van der Waals surface area contributed by atoms with Crippen molar-refractivity contribution in [2.75, 3.05) is 23.3 Å². The molecule has 1 saturated heterocycles. The van der Waals surface area contributed by atoms with Gasteiger partial charge in [0.15, 0.2) is 11.4 Å². The highest BCUT2D eigenvalue weighted by Crippen LogP contribution is 2.39. The summed E-state index contributed by atoms with van der Waals surface area (Å²) >= 11 is 9.35. The Bertz CT molecular complexity index is 2290. The van der Waals surface area contributed by atoms with E-state index in [0.717, 1.165) is 28.3 Å². The van der Waals surface area contributed by atoms with Gasteiger partial charge in [0, 0.05) is 19.1 Å². The van der Waals surface area contributed by atoms with Gasteiger partial charge in [0.05, 0.1) is 33.7 Å². The number of ether oxygens (including phenoxy) is 1. The topological polar surface area (TPSA) is 140 Å². The van der Waals surface area contributed by atoms with E-state index in [0.29, 0.717) is 48.6 Å². The fourth-order valence-corrected chi connectivity index (χ4v) is 7.47. The number of alkyl halides is 3. The third-order valence-electron chi connectivity index (χ3n) is 9.55. The number of benzene rings is 2. The number of hydrogen-bond donors (Lipinski definition) is 1. The van der Waals surface area contributed by atoms with Crippen LogP contribution in [0.25, 0.3) is 5.78 Å². The molecule has 1 aliphatic carbocycles. The zero-order chi connectivity index (χ0) is 37.6. The van der Waals surface area contributed by atoms with Crippen molar-refractivity contribution in [3.8, 4) is 5.75 Å². The quantitative estimate of drug-likeness (QED) is 0.199. The molecule has 7 rings (SSSR count). The zero-order valence-corrected chi connectivity index (χ0v) is 30.7. The third kappa shape index (κ3) is 6.94. The number of carbonyl (C=O) groups excluding carboxylic acids is 2. The number of halogens is 5. The molecule has 53 heavy (non-hydrogen) atoms. The number of anilines is 2. The number of hydrogen-bond acceptors (Lipinski definition) is 9. The lowest BCUT2D eigenvalue weighted by atomic mass is 9.81. The van der Waals surface area contributed by atoms with Crippen LogP contribution in [0.4, 0.5) is 24.5 Å². The maximum atomic E-state index is 14.2. The van der Waals surface area contributed by atoms with Crippen LogP contribution in [0.5, 0.6) is 5.75 Å². The number of fused-ring (bicyclic) bond motifs is 2. The summed E-state index contributed by atoms with van der Waals surface area (Å²) < 4.78 is 48.5. The van der Waals surface area contributed by atoms with E-state index in [9.17, 15) is 27.6 Å². The highest BCUT2D eigenvalue weighted by atomic mass is 79.9. The lowest BCUT2D eigenvalue weighted by Gasteiger charge is -2.54. The van der Waals surface area contributed by atoms with E-state index in [1.165, 1.54) is 6.33 Å². The maximum Gasteiger partial charge on any atom is 0.416 e. The summed E-state index contributed by atoms with van der Waals surface area (Å²) in [6.45, 7) is 4.06. The second-order valence-electron chi connectivity index (χ2n) is 12.7. The Kier molecular flexibility index (Phi) is 9.88. The minimum absolute atomic E-state index is 0.00625. The predicted octanol–water partition coefficient (Wildman–Crippen LogP) is 5.70. The molecule has 0 bridgehead atoms. The molecule has 2 fully saturated rings. The first-order valence-corrected chi connectivity index (χ1v) is 17.9. The van der Waals surface area contributed by atoms with E-state index < -0.39 is 23.2 Å². The second kappa shape index (κ2) is 14.4. The van der Waals surface area contributed by atoms with Gasteiger partial charge in [0.25, 0.3) is 11.5 Å². The molecule has 3 aromatic heterocycles. The average molecular weight is 815 g/mol. The van der Waals surface area contributed by atoms with E-state index in [1.807, 2.05) is 42.2 Å². The van der Waals surface area contributed by atoms with Crippen molar-refractivity contribution in [1.29, 1.82) is 0 Å². The number of nitrogens with one attached hydrogen (secondary N) is 1. The van der Waals surface area contributed by atoms with Crippen molar-refractivity contribution in [3.05, 3.63) is 103 Å². The Balaban J connectivity index is 1.17. The lowest BCUT2D eigenvalue weighted by Crippen LogP contribution is -2.67. The second-order valence-corrected chi connectivity index (χ2v) is 13.8. The number of piperazine rings is 1. The standard InChI is InChI=1S/C35H32BrClF3N9O4/c1-3-24-29(32(52)49-34(44-33(36)45-49)48(24)16-27(50)43-23-10-9-21(15-22(23)37)35(38,39)40)46-13-14-47(26-12-11-25(26)46)31(51)28-30(19(2)41-18-42-28)53-17-20-7-5-4-6-8-20/h4-10,15,18,25-26H,3,11-14,16-17H2,1-2H3,(H,43,50). The molecule has 4 heterocycles. The van der Waals surface area contributed by atoms with Crippen LogP contribution in [0.3, 0.4) is 0 Å². The van der Waals surface area contributed by atoms with Crippen LogP contribution < -0.4 is 20.5 Å². The minimum atomic E-state index is -4.60. The molecule has 0 radical (unpaired) electrons. The number of carbonyl (C=O) groups is 2. The molecule has 13 nitrogen and oxygen atoms in total. The molecule has 18 heteroatoms. The van der Waals surface area contributed by atoms with Crippen molar-refractivity contribution < 1.29 is 27.5 Å². The molecule has 2 aliphatic rings. The number of nitrogens with zero attached hydrogens (tertiary/aromatic N) is 8. The zero-order valence-electron chi connectivity index (χ0n) is 28.4. The molecule has 2 atom stereocenters. The Morgan fingerprint density at radius 3 is 2.51 bits per heavy atom. The highest BCUT2D eigenvalue weighted by Gasteiger charge is 2.47. The van der Waals surface area contributed by atoms with E-state index in [1.54, 1.807) is 16.4 Å². The van der Waals surface area contributed by atoms with Crippen LogP contribution in [0.1, 0.15) is 52.8 Å². The molecule has 2 amide bonds. The molecule has 5 aromatic rings. The largest absolute Gasteiger partial charge is 0.485 e. The van der Waals surface area contributed by atoms with Gasteiger partial charge in [0.2, 0.25) is 16.4 Å². The summed E-state index contributed by atoms with van der Waals surface area (Å²) in [6, 6.07) is 11.8. The van der Waals surface area contributed by atoms with Gasteiger partial charge in [-0.25, -0.2) is 9.97 Å². The SMILES string of the molecule is CCc1c(N2CCN(C(=O)c3ncnc(C)c3OCc3ccccc3)C3CCC32)c(=O)n2nc(Br)nc2n1CC(=O)Nc1ccc(C(F)(F)F)cc1Cl. The Morgan fingerprint density at radius 2 is 1.83 bits per heavy atom. The molecule has 276 valence electrons. The molecular weight excluding hydrogens is 783 g/mol. The van der Waals surface area contributed by atoms with Gasteiger partial charge in [-0.1, -0.05) is 48.9 Å². The van der Waals surface area contributed by atoms with Gasteiger partial charge >= 0.3 is 6.18 Å². The van der Waals surface area contributed by atoms with Gasteiger partial charge < -0.3 is 24.4 Å². The van der Waals surface area contributed by atoms with Gasteiger partial charge in [-0.15, -0.1) is 5.10 Å². The van der Waals surface area contributed by atoms with E-state index in [2.05, 4.69) is 41.3 Å². The van der Waals surface area contributed by atoms with Crippen molar-refractivity contribution in [2.24, 2.45) is 0 Å². The van der Waals surface area contributed by atoms with Crippen LogP contribution in [-0.4, -0.2) is 71.0 Å². The first-order valence-electron chi connectivity index (χ1n) is 16.8. The molecule has 2 unspecified atom stereocenters. The molecule has 0 spiro atoms. The summed E-state index contributed by atoms with van der Waals surface area (Å²) in [6.07, 6.45) is -1.55. The van der Waals surface area contributed by atoms with Gasteiger partial charge in [-0.2, -0.15) is 22.7 Å². The number of aromatic nitrogens is 6. The average Bonchev–Trinajstić information content (AvgIpc) is 3.51. The Morgan fingerprint density at radius 1 is 1.08 bits per heavy atom. The Labute approximate surface area is 313 Å². The molecule has 2 aromatic carbocycles. The summed E-state index contributed by atoms with van der Waals surface area (Å²) in [4.78, 5) is 58.4. The summed E-state index contributed by atoms with van der Waals surface area (Å²) in [5, 5.41) is 6.55. The fraction of sp³-hybridized carbons (Fsp3) is 0.343. The van der Waals surface area contributed by atoms with Gasteiger partial charge in [0.1, 0.15) is 25.2 Å². The number of aryl methyl sites for hydroxylation is 1. The van der Waals surface area contributed by atoms with Crippen LogP contribution in [0.15, 0.2) is 64.4 Å². The lowest BCUT2D eigenvalue weighted by molar-refractivity contribution is -0.137. The summed E-state index contributed by atoms with van der Waals surface area (Å²) in [7, 11) is 0. The summed E-state index contributed by atoms with van der Waals surface area (Å²) in [5.74, 6) is -0.499. The first-order chi connectivity index (χ1) is 25.3. The third-order valence-corrected chi connectivity index (χ3v) is 10.2. The highest BCUT2D eigenvalue weighted by molar-refractivity contribution is 9.10. The van der Waals surface area contributed by atoms with E-state index in [-0.39, 0.29) is 64.6 Å². The van der Waals surface area contributed by atoms with Gasteiger partial charge in [-0.3, -0.25) is 14.4 Å². The monoisotopic (exact) mass is 813 g/mol. The molecular formula is C35H32BrClF3N9O4. The van der Waals surface area contributed by atoms with Gasteiger partial charge in [-0.05, 0) is 65.9 Å². The van der Waals surface area contributed by atoms with E-state index in [4.69, 9.17) is 16.3 Å². The van der Waals surface area contributed by atoms with Crippen LogP contribution in [-0.2, 0) is 30.5 Å². The molecule has 1 N–H and O–H groups in total. The number of amides is 2. The maximum absolute atomic E-state index is 14.2. The van der Waals surface area contributed by atoms with Crippen molar-refractivity contribution in [2.45, 2.75) is 64.5 Å². The van der Waals surface area contributed by atoms with Crippen molar-refractivity contribution in [3.63, 3.8) is 0 Å². The van der Waals surface area contributed by atoms with Crippen molar-refractivity contribution in [1.82, 2.24) is 34.0 Å². The minimum Gasteiger partial charge on any atom is -0.485 e. The molecule has 1 saturated carbocycles. The van der Waals surface area contributed by atoms with E-state index >= 15 is 0 Å². The number of rotatable bonds is 9.